The lowest BCUT2D eigenvalue weighted by atomic mass is 9.94. The van der Waals surface area contributed by atoms with Gasteiger partial charge in [0.15, 0.2) is 23.3 Å². The van der Waals surface area contributed by atoms with Crippen LogP contribution in [0.15, 0.2) is 17.1 Å². The van der Waals surface area contributed by atoms with Gasteiger partial charge in [0.1, 0.15) is 5.69 Å². The Morgan fingerprint density at radius 1 is 1.29 bits per heavy atom. The lowest BCUT2D eigenvalue weighted by molar-refractivity contribution is 0.112. The van der Waals surface area contributed by atoms with Gasteiger partial charge in [0.2, 0.25) is 0 Å². The predicted molar refractivity (Wildman–Crippen MR) is 105 cm³/mol. The molecular weight excluding hydrogens is 361 g/mol. The number of ether oxygens (including phenoxy) is 1. The number of methoxy groups -OCH3 is 1. The van der Waals surface area contributed by atoms with Crippen LogP contribution in [-0.4, -0.2) is 43.6 Å². The highest BCUT2D eigenvalue weighted by Gasteiger charge is 2.38. The topological polar surface area (TPSA) is 63.6 Å². The van der Waals surface area contributed by atoms with Crippen molar-refractivity contribution in [2.24, 2.45) is 5.92 Å². The van der Waals surface area contributed by atoms with Crippen molar-refractivity contribution in [2.45, 2.75) is 37.8 Å². The summed E-state index contributed by atoms with van der Waals surface area (Å²) >= 11 is 0. The molecule has 0 spiro atoms. The molecule has 5 rings (SSSR count). The van der Waals surface area contributed by atoms with Crippen LogP contribution in [0.25, 0.3) is 10.9 Å². The molecule has 3 fully saturated rings. The van der Waals surface area contributed by atoms with Gasteiger partial charge in [0.25, 0.3) is 0 Å². The summed E-state index contributed by atoms with van der Waals surface area (Å²) in [4.78, 5) is 26.1. The average Bonchev–Trinajstić information content (AvgIpc) is 3.46. The molecule has 0 unspecified atom stereocenters. The fourth-order valence-electron chi connectivity index (χ4n) is 4.91. The van der Waals surface area contributed by atoms with Crippen molar-refractivity contribution in [2.75, 3.05) is 31.6 Å². The van der Waals surface area contributed by atoms with E-state index in [0.29, 0.717) is 35.2 Å². The van der Waals surface area contributed by atoms with Crippen molar-refractivity contribution in [1.29, 1.82) is 0 Å². The molecule has 2 aromatic rings. The van der Waals surface area contributed by atoms with Gasteiger partial charge in [0, 0.05) is 31.4 Å². The second-order valence-corrected chi connectivity index (χ2v) is 8.17. The van der Waals surface area contributed by atoms with E-state index in [1.807, 2.05) is 4.57 Å². The summed E-state index contributed by atoms with van der Waals surface area (Å²) in [5, 5.41) is 3.75. The fraction of sp³-hybridized carbons (Fsp3) is 0.524. The molecule has 2 aliphatic heterocycles. The van der Waals surface area contributed by atoms with E-state index in [0.717, 1.165) is 45.3 Å². The Morgan fingerprint density at radius 3 is 2.79 bits per heavy atom. The quantitative estimate of drug-likeness (QED) is 0.820. The Bertz CT molecular complexity index is 1000. The van der Waals surface area contributed by atoms with Crippen LogP contribution >= 0.6 is 0 Å². The number of rotatable bonds is 4. The van der Waals surface area contributed by atoms with Crippen LogP contribution in [0.2, 0.25) is 0 Å². The molecule has 1 saturated carbocycles. The molecule has 2 atom stereocenters. The van der Waals surface area contributed by atoms with Crippen LogP contribution in [0.5, 0.6) is 5.75 Å². The van der Waals surface area contributed by atoms with E-state index in [9.17, 15) is 9.59 Å². The van der Waals surface area contributed by atoms with Crippen molar-refractivity contribution in [3.8, 4) is 5.75 Å². The number of pyridine rings is 1. The van der Waals surface area contributed by atoms with Crippen molar-refractivity contribution < 1.29 is 13.9 Å². The number of benzene rings is 1. The third-order valence-corrected chi connectivity index (χ3v) is 6.41. The van der Waals surface area contributed by atoms with Crippen LogP contribution < -0.4 is 20.4 Å². The fourth-order valence-corrected chi connectivity index (χ4v) is 4.91. The zero-order valence-electron chi connectivity index (χ0n) is 15.9. The molecule has 28 heavy (non-hydrogen) atoms. The number of anilines is 1. The van der Waals surface area contributed by atoms with E-state index >= 15 is 4.39 Å². The number of fused-ring (bicyclic) bond motifs is 2. The predicted octanol–water partition coefficient (Wildman–Crippen LogP) is 2.48. The first-order valence-corrected chi connectivity index (χ1v) is 10.0. The minimum atomic E-state index is -0.467. The normalized spacial score (nSPS) is 24.4. The van der Waals surface area contributed by atoms with Gasteiger partial charge in [-0.2, -0.15) is 0 Å². The summed E-state index contributed by atoms with van der Waals surface area (Å²) in [5.41, 5.74) is 0.645. The molecule has 1 aliphatic carbocycles. The highest BCUT2D eigenvalue weighted by atomic mass is 19.1. The van der Waals surface area contributed by atoms with Gasteiger partial charge in [-0.15, -0.1) is 0 Å². The smallest absolute Gasteiger partial charge is 0.200 e. The molecule has 148 valence electrons. The summed E-state index contributed by atoms with van der Waals surface area (Å²) in [6, 6.07) is 1.87. The second kappa shape index (κ2) is 6.58. The minimum Gasteiger partial charge on any atom is -0.492 e. The average molecular weight is 385 g/mol. The number of carbonyl (C=O) groups excluding carboxylic acids is 1. The first-order chi connectivity index (χ1) is 13.6. The van der Waals surface area contributed by atoms with E-state index in [-0.39, 0.29) is 17.0 Å². The number of nitrogens with zero attached hydrogens (tertiary/aromatic N) is 2. The van der Waals surface area contributed by atoms with Crippen LogP contribution in [-0.2, 0) is 0 Å². The minimum absolute atomic E-state index is 0.0602. The van der Waals surface area contributed by atoms with Crippen LogP contribution in [0.4, 0.5) is 10.1 Å². The van der Waals surface area contributed by atoms with Gasteiger partial charge in [0.05, 0.1) is 23.6 Å². The third kappa shape index (κ3) is 2.64. The molecule has 3 heterocycles. The zero-order chi connectivity index (χ0) is 19.4. The second-order valence-electron chi connectivity index (χ2n) is 8.17. The SMILES string of the molecule is COc1c(N2C[C@@H]3CCCN[C@@H]3C2)c(F)cc2c(=O)c(C=O)cn(C3CC3)c12. The number of aromatic nitrogens is 1. The van der Waals surface area contributed by atoms with Crippen LogP contribution in [0.3, 0.4) is 0 Å². The van der Waals surface area contributed by atoms with E-state index < -0.39 is 11.2 Å². The number of halogens is 1. The number of hydrogen-bond donors (Lipinski definition) is 1. The number of piperidine rings is 1. The van der Waals surface area contributed by atoms with E-state index in [4.69, 9.17) is 4.74 Å². The third-order valence-electron chi connectivity index (χ3n) is 6.41. The van der Waals surface area contributed by atoms with E-state index in [2.05, 4.69) is 10.2 Å². The summed E-state index contributed by atoms with van der Waals surface area (Å²) in [6.07, 6.45) is 6.39. The molecule has 1 N–H and O–H groups in total. The molecular formula is C21H24FN3O3. The van der Waals surface area contributed by atoms with Crippen molar-refractivity contribution in [3.05, 3.63) is 33.9 Å². The van der Waals surface area contributed by atoms with Gasteiger partial charge in [-0.3, -0.25) is 9.59 Å². The number of hydrogen-bond acceptors (Lipinski definition) is 5. The Hall–Kier alpha value is -2.41. The lowest BCUT2D eigenvalue weighted by Gasteiger charge is -2.25. The van der Waals surface area contributed by atoms with Gasteiger partial charge >= 0.3 is 0 Å². The first kappa shape index (κ1) is 17.7. The van der Waals surface area contributed by atoms with E-state index in [1.54, 1.807) is 6.20 Å². The first-order valence-electron chi connectivity index (χ1n) is 10.0. The molecule has 1 aromatic carbocycles. The molecule has 7 heteroatoms. The molecule has 0 amide bonds. The highest BCUT2D eigenvalue weighted by Crippen LogP contribution is 2.44. The number of carbonyl (C=O) groups is 1. The van der Waals surface area contributed by atoms with Gasteiger partial charge in [-0.05, 0) is 44.2 Å². The Morgan fingerprint density at radius 2 is 2.11 bits per heavy atom. The van der Waals surface area contributed by atoms with Crippen molar-refractivity contribution in [1.82, 2.24) is 9.88 Å². The zero-order valence-corrected chi connectivity index (χ0v) is 15.9. The van der Waals surface area contributed by atoms with Gasteiger partial charge in [-0.1, -0.05) is 0 Å². The number of aldehydes is 1. The molecule has 0 radical (unpaired) electrons. The largest absolute Gasteiger partial charge is 0.492 e. The molecule has 2 saturated heterocycles. The standard InChI is InChI=1S/C21H24FN3O3/c1-28-21-18-15(20(27)13(11-26)9-25(18)14-4-5-14)7-16(22)19(21)24-8-12-3-2-6-23-17(12)10-24/h7,9,11-12,14,17,23H,2-6,8,10H2,1H3/t12-,17+/m0/s1. The monoisotopic (exact) mass is 385 g/mol. The van der Waals surface area contributed by atoms with Crippen LogP contribution in [0, 0.1) is 11.7 Å². The summed E-state index contributed by atoms with van der Waals surface area (Å²) in [5.74, 6) is 0.428. The van der Waals surface area contributed by atoms with Crippen molar-refractivity contribution in [3.63, 3.8) is 0 Å². The molecule has 0 bridgehead atoms. The van der Waals surface area contributed by atoms with E-state index in [1.165, 1.54) is 13.2 Å². The number of nitrogens with one attached hydrogen (secondary N) is 1. The Balaban J connectivity index is 1.72. The van der Waals surface area contributed by atoms with Gasteiger partial charge in [-0.25, -0.2) is 4.39 Å². The molecule has 1 aromatic heterocycles. The molecule has 6 nitrogen and oxygen atoms in total. The maximum atomic E-state index is 15.3. The highest BCUT2D eigenvalue weighted by molar-refractivity contribution is 5.94. The maximum Gasteiger partial charge on any atom is 0.200 e. The Labute approximate surface area is 162 Å². The maximum absolute atomic E-state index is 15.3. The summed E-state index contributed by atoms with van der Waals surface area (Å²) < 4.78 is 22.9. The summed E-state index contributed by atoms with van der Waals surface area (Å²) in [7, 11) is 1.52. The summed E-state index contributed by atoms with van der Waals surface area (Å²) in [6.45, 7) is 2.50. The van der Waals surface area contributed by atoms with Gasteiger partial charge < -0.3 is 19.5 Å². The lowest BCUT2D eigenvalue weighted by Crippen LogP contribution is -2.40. The molecule has 3 aliphatic rings. The van der Waals surface area contributed by atoms with Crippen molar-refractivity contribution >= 4 is 22.9 Å². The van der Waals surface area contributed by atoms with Crippen LogP contribution in [0.1, 0.15) is 42.1 Å². The Kier molecular flexibility index (Phi) is 4.16.